The second-order valence-corrected chi connectivity index (χ2v) is 10.1. The van der Waals surface area contributed by atoms with Crippen LogP contribution in [0.2, 0.25) is 0 Å². The fraction of sp³-hybridized carbons (Fsp3) is 0.316. The van der Waals surface area contributed by atoms with Crippen LogP contribution in [0.3, 0.4) is 0 Å². The van der Waals surface area contributed by atoms with Crippen LogP contribution in [0, 0.1) is 0 Å². The third-order valence-electron chi connectivity index (χ3n) is 3.68. The molecule has 1 aromatic rings. The van der Waals surface area contributed by atoms with Crippen molar-refractivity contribution in [3.05, 3.63) is 47.4 Å². The number of thioether (sulfide) groups is 1. The molecule has 1 fully saturated rings. The molecule has 1 atom stereocenters. The van der Waals surface area contributed by atoms with Gasteiger partial charge in [-0.2, -0.15) is 0 Å². The molecule has 1 aromatic carbocycles. The van der Waals surface area contributed by atoms with Crippen molar-refractivity contribution in [1.29, 1.82) is 0 Å². The van der Waals surface area contributed by atoms with Crippen LogP contribution in [0.5, 0.6) is 5.75 Å². The van der Waals surface area contributed by atoms with E-state index >= 15 is 0 Å². The molecule has 1 aliphatic heterocycles. The number of hydrogen-bond donors (Lipinski definition) is 1. The maximum Gasteiger partial charge on any atom is 0.266 e. The number of halogens is 3. The molecule has 10 heteroatoms. The minimum Gasteiger partial charge on any atom is -0.466 e. The lowest BCUT2D eigenvalue weighted by molar-refractivity contribution is -0.123. The van der Waals surface area contributed by atoms with Crippen LogP contribution in [-0.2, 0) is 9.59 Å². The zero-order valence-corrected chi connectivity index (χ0v) is 19.4. The van der Waals surface area contributed by atoms with Crippen molar-refractivity contribution in [3.8, 4) is 5.75 Å². The molecular formula is C19H19Cl3N2O3S2. The van der Waals surface area contributed by atoms with Crippen molar-refractivity contribution < 1.29 is 14.3 Å². The van der Waals surface area contributed by atoms with Gasteiger partial charge in [0.25, 0.3) is 5.91 Å². The third kappa shape index (κ3) is 6.89. The Balaban J connectivity index is 2.11. The number of alkyl halides is 3. The first-order valence-corrected chi connectivity index (χ1v) is 11.0. The molecule has 1 heterocycles. The molecule has 0 aliphatic carbocycles. The minimum atomic E-state index is -1.85. The molecule has 0 saturated carbocycles. The van der Waals surface area contributed by atoms with Gasteiger partial charge in [-0.05, 0) is 30.2 Å². The fourth-order valence-corrected chi connectivity index (χ4v) is 3.91. The summed E-state index contributed by atoms with van der Waals surface area (Å²) in [6.45, 7) is 5.87. The number of rotatable bonds is 8. The normalized spacial score (nSPS) is 16.8. The molecule has 156 valence electrons. The maximum absolute atomic E-state index is 12.4. The smallest absolute Gasteiger partial charge is 0.266 e. The van der Waals surface area contributed by atoms with Gasteiger partial charge >= 0.3 is 0 Å². The van der Waals surface area contributed by atoms with E-state index in [9.17, 15) is 9.59 Å². The van der Waals surface area contributed by atoms with E-state index in [0.717, 1.165) is 5.56 Å². The number of benzene rings is 1. The maximum atomic E-state index is 12.4. The van der Waals surface area contributed by atoms with Gasteiger partial charge in [-0.3, -0.25) is 14.5 Å². The van der Waals surface area contributed by atoms with Crippen LogP contribution in [-0.4, -0.2) is 37.6 Å². The average molecular weight is 494 g/mol. The lowest BCUT2D eigenvalue weighted by atomic mass is 10.2. The van der Waals surface area contributed by atoms with Gasteiger partial charge in [0.15, 0.2) is 0 Å². The lowest BCUT2D eigenvalue weighted by Gasteiger charge is -2.26. The number of thiocarbonyl (C=S) groups is 1. The van der Waals surface area contributed by atoms with Gasteiger partial charge in [-0.15, -0.1) is 6.58 Å². The summed E-state index contributed by atoms with van der Waals surface area (Å²) in [5, 5.41) is 2.56. The topological polar surface area (TPSA) is 58.6 Å². The van der Waals surface area contributed by atoms with Gasteiger partial charge < -0.3 is 10.1 Å². The van der Waals surface area contributed by atoms with Gasteiger partial charge in [0.2, 0.25) is 15.9 Å². The molecule has 1 aliphatic rings. The van der Waals surface area contributed by atoms with Gasteiger partial charge in [0.05, 0.1) is 4.91 Å². The van der Waals surface area contributed by atoms with E-state index in [2.05, 4.69) is 11.9 Å². The van der Waals surface area contributed by atoms with Crippen molar-refractivity contribution in [2.75, 3.05) is 6.54 Å². The van der Waals surface area contributed by atoms with Crippen LogP contribution < -0.4 is 10.1 Å². The highest BCUT2D eigenvalue weighted by atomic mass is 35.6. The summed E-state index contributed by atoms with van der Waals surface area (Å²) in [5.74, 6) is -0.0355. The number of amides is 2. The van der Waals surface area contributed by atoms with E-state index in [-0.39, 0.29) is 11.8 Å². The first-order valence-electron chi connectivity index (χ1n) is 8.64. The molecule has 1 N–H and O–H groups in total. The lowest BCUT2D eigenvalue weighted by Crippen LogP contribution is -2.47. The molecule has 0 aromatic heterocycles. The van der Waals surface area contributed by atoms with Crippen molar-refractivity contribution in [3.63, 3.8) is 0 Å². The Morgan fingerprint density at radius 2 is 2.03 bits per heavy atom. The molecule has 2 amide bonds. The Morgan fingerprint density at radius 3 is 2.59 bits per heavy atom. The van der Waals surface area contributed by atoms with Gasteiger partial charge in [0.1, 0.15) is 10.1 Å². The van der Waals surface area contributed by atoms with Crippen LogP contribution in [0.25, 0.3) is 6.08 Å². The van der Waals surface area contributed by atoms with Crippen LogP contribution in [0.4, 0.5) is 0 Å². The average Bonchev–Trinajstić information content (AvgIpc) is 2.90. The zero-order chi connectivity index (χ0) is 21.6. The summed E-state index contributed by atoms with van der Waals surface area (Å²) in [4.78, 5) is 26.2. The van der Waals surface area contributed by atoms with Crippen LogP contribution >= 0.6 is 58.8 Å². The summed E-state index contributed by atoms with van der Waals surface area (Å²) < 4.78 is 4.30. The Labute approximate surface area is 194 Å². The standard InChI is InChI=1S/C19H19Cl3N2O3S2/c1-3-5-15(25)23-17(19(20,21)22)27-13-8-6-12(7-9-13)11-14-16(26)24(10-4-2)18(28)29-14/h4,6-9,11,17H,2-3,5,10H2,1H3,(H,23,25)/b14-11-/t17-/m1/s1. The summed E-state index contributed by atoms with van der Waals surface area (Å²) in [6.07, 6.45) is 3.17. The predicted molar refractivity (Wildman–Crippen MR) is 124 cm³/mol. The van der Waals surface area contributed by atoms with Gasteiger partial charge in [-0.1, -0.05) is 83.9 Å². The second kappa shape index (κ2) is 10.7. The SMILES string of the molecule is C=CCN1C(=O)/C(=C/c2ccc(O[C@@H](NC(=O)CCC)C(Cl)(Cl)Cl)cc2)SC1=S. The van der Waals surface area contributed by atoms with E-state index in [0.29, 0.717) is 34.4 Å². The van der Waals surface area contributed by atoms with E-state index in [1.807, 2.05) is 6.92 Å². The Kier molecular flexibility index (Phi) is 8.85. The summed E-state index contributed by atoms with van der Waals surface area (Å²) in [6, 6.07) is 6.81. The van der Waals surface area contributed by atoms with E-state index < -0.39 is 10.0 Å². The molecule has 29 heavy (non-hydrogen) atoms. The number of nitrogens with one attached hydrogen (secondary N) is 1. The fourth-order valence-electron chi connectivity index (χ4n) is 2.34. The molecule has 0 radical (unpaired) electrons. The van der Waals surface area contributed by atoms with E-state index in [1.54, 1.807) is 36.4 Å². The predicted octanol–water partition coefficient (Wildman–Crippen LogP) is 5.07. The van der Waals surface area contributed by atoms with Crippen molar-refractivity contribution in [2.45, 2.75) is 29.8 Å². The molecule has 0 unspecified atom stereocenters. The zero-order valence-electron chi connectivity index (χ0n) is 15.5. The highest BCUT2D eigenvalue weighted by Crippen LogP contribution is 2.34. The van der Waals surface area contributed by atoms with E-state index in [1.165, 1.54) is 16.7 Å². The monoisotopic (exact) mass is 492 g/mol. The molecule has 1 saturated heterocycles. The van der Waals surface area contributed by atoms with Crippen LogP contribution in [0.1, 0.15) is 25.3 Å². The first-order chi connectivity index (χ1) is 13.7. The first kappa shape index (κ1) is 24.0. The van der Waals surface area contributed by atoms with Crippen LogP contribution in [0.15, 0.2) is 41.8 Å². The molecule has 5 nitrogen and oxygen atoms in total. The molecule has 2 rings (SSSR count). The highest BCUT2D eigenvalue weighted by molar-refractivity contribution is 8.26. The largest absolute Gasteiger partial charge is 0.466 e. The quantitative estimate of drug-likeness (QED) is 0.180. The number of hydrogen-bond acceptors (Lipinski definition) is 5. The van der Waals surface area contributed by atoms with Gasteiger partial charge in [0, 0.05) is 13.0 Å². The summed E-state index contributed by atoms with van der Waals surface area (Å²) in [7, 11) is 0. The second-order valence-electron chi connectivity index (χ2n) is 6.01. The van der Waals surface area contributed by atoms with E-state index in [4.69, 9.17) is 51.8 Å². The highest BCUT2D eigenvalue weighted by Gasteiger charge is 2.36. The van der Waals surface area contributed by atoms with Crippen molar-refractivity contribution in [2.24, 2.45) is 0 Å². The molecule has 0 bridgehead atoms. The Hall–Kier alpha value is -1.25. The Bertz CT molecular complexity index is 823. The third-order valence-corrected chi connectivity index (χ3v) is 5.66. The number of carbonyl (C=O) groups is 2. The molecular weight excluding hydrogens is 475 g/mol. The summed E-state index contributed by atoms with van der Waals surface area (Å²) >= 11 is 24.2. The Morgan fingerprint density at radius 1 is 1.38 bits per heavy atom. The summed E-state index contributed by atoms with van der Waals surface area (Å²) in [5.41, 5.74) is 0.775. The van der Waals surface area contributed by atoms with Gasteiger partial charge in [-0.25, -0.2) is 0 Å². The number of ether oxygens (including phenoxy) is 1. The number of nitrogens with zero attached hydrogens (tertiary/aromatic N) is 1. The van der Waals surface area contributed by atoms with Crippen molar-refractivity contribution in [1.82, 2.24) is 10.2 Å². The minimum absolute atomic E-state index is 0.157. The molecule has 0 spiro atoms. The number of carbonyl (C=O) groups excluding carboxylic acids is 2. The van der Waals surface area contributed by atoms with Crippen molar-refractivity contribution >= 4 is 81.0 Å².